The van der Waals surface area contributed by atoms with E-state index in [4.69, 9.17) is 9.47 Å². The molecule has 2 aliphatic carbocycles. The van der Waals surface area contributed by atoms with Crippen molar-refractivity contribution >= 4 is 17.9 Å². The quantitative estimate of drug-likeness (QED) is 0.444. The minimum absolute atomic E-state index is 0.0894. The van der Waals surface area contributed by atoms with Gasteiger partial charge in [0.25, 0.3) is 0 Å². The van der Waals surface area contributed by atoms with Crippen LogP contribution < -0.4 is 0 Å². The Hall–Kier alpha value is -2.11. The maximum atomic E-state index is 12.3. The molecule has 2 bridgehead atoms. The van der Waals surface area contributed by atoms with Crippen LogP contribution in [0.1, 0.15) is 25.7 Å². The second kappa shape index (κ2) is 5.83. The van der Waals surface area contributed by atoms with Gasteiger partial charge in [0.1, 0.15) is 6.10 Å². The van der Waals surface area contributed by atoms with Gasteiger partial charge in [0.05, 0.1) is 25.7 Å². The molecule has 0 N–H and O–H groups in total. The molecule has 0 unspecified atom stereocenters. The fourth-order valence-corrected chi connectivity index (χ4v) is 4.39. The van der Waals surface area contributed by atoms with Crippen LogP contribution in [0.25, 0.3) is 0 Å². The number of methoxy groups -OCH3 is 2. The summed E-state index contributed by atoms with van der Waals surface area (Å²) in [6, 6.07) is 0. The monoisotopic (exact) mass is 320 g/mol. The fourth-order valence-electron chi connectivity index (χ4n) is 4.39. The number of hydrogen-bond donors (Lipinski definition) is 0. The molecular formula is C17H20O6. The smallest absolute Gasteiger partial charge is 0.337 e. The number of ether oxygens (including phenoxy) is 3. The van der Waals surface area contributed by atoms with Gasteiger partial charge >= 0.3 is 17.9 Å². The first kappa shape index (κ1) is 15.8. The summed E-state index contributed by atoms with van der Waals surface area (Å²) >= 11 is 0. The van der Waals surface area contributed by atoms with Crippen LogP contribution in [0.4, 0.5) is 0 Å². The molecule has 2 heterocycles. The van der Waals surface area contributed by atoms with Gasteiger partial charge < -0.3 is 14.2 Å². The van der Waals surface area contributed by atoms with E-state index in [-0.39, 0.29) is 17.3 Å². The molecule has 1 saturated heterocycles. The van der Waals surface area contributed by atoms with Crippen LogP contribution in [0.3, 0.4) is 0 Å². The van der Waals surface area contributed by atoms with Gasteiger partial charge in [-0.05, 0) is 24.7 Å². The van der Waals surface area contributed by atoms with E-state index in [1.807, 2.05) is 0 Å². The third kappa shape index (κ3) is 2.36. The van der Waals surface area contributed by atoms with E-state index in [0.29, 0.717) is 12.0 Å². The number of carbonyl (C=O) groups is 3. The highest BCUT2D eigenvalue weighted by molar-refractivity contribution is 5.94. The first-order valence-corrected chi connectivity index (χ1v) is 7.78. The van der Waals surface area contributed by atoms with Gasteiger partial charge in [-0.2, -0.15) is 0 Å². The maximum Gasteiger partial charge on any atom is 0.337 e. The minimum atomic E-state index is -0.533. The van der Waals surface area contributed by atoms with Gasteiger partial charge in [0.15, 0.2) is 0 Å². The number of rotatable bonds is 4. The van der Waals surface area contributed by atoms with Crippen LogP contribution in [0.15, 0.2) is 23.8 Å². The van der Waals surface area contributed by atoms with Gasteiger partial charge in [0, 0.05) is 12.0 Å². The zero-order chi connectivity index (χ0) is 16.6. The fraction of sp³-hybridized carbons (Fsp3) is 0.588. The Balaban J connectivity index is 1.93. The predicted molar refractivity (Wildman–Crippen MR) is 79.0 cm³/mol. The van der Waals surface area contributed by atoms with Crippen molar-refractivity contribution in [3.8, 4) is 0 Å². The van der Waals surface area contributed by atoms with E-state index in [2.05, 4.69) is 4.74 Å². The number of fused-ring (bicyclic) bond motifs is 1. The summed E-state index contributed by atoms with van der Waals surface area (Å²) in [5.41, 5.74) is 0.179. The Morgan fingerprint density at radius 2 is 2.17 bits per heavy atom. The molecule has 0 amide bonds. The summed E-state index contributed by atoms with van der Waals surface area (Å²) in [7, 11) is 2.66. The van der Waals surface area contributed by atoms with Crippen LogP contribution in [-0.4, -0.2) is 38.2 Å². The molecule has 2 fully saturated rings. The Bertz CT molecular complexity index is 604. The second-order valence-electron chi connectivity index (χ2n) is 6.31. The lowest BCUT2D eigenvalue weighted by Gasteiger charge is -2.51. The molecule has 0 aromatic heterocycles. The van der Waals surface area contributed by atoms with Crippen LogP contribution in [0, 0.1) is 17.3 Å². The van der Waals surface area contributed by atoms with Crippen LogP contribution in [0.2, 0.25) is 0 Å². The largest absolute Gasteiger partial charge is 0.466 e. The SMILES string of the molecule is COC(=O)/C=C/C[C@]12CCC[C@H]1[C@H]1OC(=O)[C@@H]2C=C1C(=O)OC. The number of esters is 3. The summed E-state index contributed by atoms with van der Waals surface area (Å²) < 4.78 is 14.9. The molecule has 23 heavy (non-hydrogen) atoms. The molecule has 1 saturated carbocycles. The second-order valence-corrected chi connectivity index (χ2v) is 6.31. The van der Waals surface area contributed by atoms with Crippen molar-refractivity contribution in [1.82, 2.24) is 0 Å². The predicted octanol–water partition coefficient (Wildman–Crippen LogP) is 1.55. The van der Waals surface area contributed by atoms with Crippen molar-refractivity contribution in [2.45, 2.75) is 31.8 Å². The van der Waals surface area contributed by atoms with Crippen molar-refractivity contribution in [3.05, 3.63) is 23.8 Å². The molecule has 4 aliphatic rings. The van der Waals surface area contributed by atoms with Crippen LogP contribution >= 0.6 is 0 Å². The molecule has 4 rings (SSSR count). The molecule has 0 spiro atoms. The zero-order valence-corrected chi connectivity index (χ0v) is 13.2. The molecule has 6 heteroatoms. The summed E-state index contributed by atoms with van der Waals surface area (Å²) in [5.74, 6) is -1.50. The third-order valence-electron chi connectivity index (χ3n) is 5.40. The van der Waals surface area contributed by atoms with E-state index < -0.39 is 24.0 Å². The average Bonchev–Trinajstić information content (AvgIpc) is 3.00. The van der Waals surface area contributed by atoms with Crippen LogP contribution in [-0.2, 0) is 28.6 Å². The number of carbonyl (C=O) groups excluding carboxylic acids is 3. The first-order valence-electron chi connectivity index (χ1n) is 7.78. The zero-order valence-electron chi connectivity index (χ0n) is 13.2. The van der Waals surface area contributed by atoms with E-state index in [1.165, 1.54) is 20.3 Å². The van der Waals surface area contributed by atoms with Gasteiger partial charge in [-0.15, -0.1) is 0 Å². The molecule has 0 aromatic rings. The van der Waals surface area contributed by atoms with Gasteiger partial charge in [-0.25, -0.2) is 9.59 Å². The summed E-state index contributed by atoms with van der Waals surface area (Å²) in [5, 5.41) is 0. The van der Waals surface area contributed by atoms with Crippen molar-refractivity contribution in [3.63, 3.8) is 0 Å². The number of allylic oxidation sites excluding steroid dienone is 1. The lowest BCUT2D eigenvalue weighted by atomic mass is 9.58. The average molecular weight is 320 g/mol. The Morgan fingerprint density at radius 1 is 1.39 bits per heavy atom. The summed E-state index contributed by atoms with van der Waals surface area (Å²) in [6.07, 6.45) is 7.69. The standard InChI is InChI=1S/C17H20O6/c1-21-13(18)6-4-8-17-7-3-5-11(17)14-10(15(19)22-2)9-12(17)16(20)23-14/h4,6,9,11-12,14H,3,5,7-8H2,1-2H3/b6-4+/t11-,12-,14-,17+/m0/s1. The lowest BCUT2D eigenvalue weighted by molar-refractivity contribution is -0.179. The van der Waals surface area contributed by atoms with Crippen molar-refractivity contribution in [2.24, 2.45) is 17.3 Å². The highest BCUT2D eigenvalue weighted by Crippen LogP contribution is 2.60. The normalized spacial score (nSPS) is 34.8. The minimum Gasteiger partial charge on any atom is -0.466 e. The van der Waals surface area contributed by atoms with Gasteiger partial charge in [0.2, 0.25) is 0 Å². The lowest BCUT2D eigenvalue weighted by Crippen LogP contribution is -2.55. The Labute approximate surface area is 134 Å². The summed E-state index contributed by atoms with van der Waals surface area (Å²) in [4.78, 5) is 35.5. The molecule has 6 nitrogen and oxygen atoms in total. The van der Waals surface area contributed by atoms with Crippen molar-refractivity contribution in [1.29, 1.82) is 0 Å². The van der Waals surface area contributed by atoms with E-state index >= 15 is 0 Å². The summed E-state index contributed by atoms with van der Waals surface area (Å²) in [6.45, 7) is 0. The van der Waals surface area contributed by atoms with E-state index in [1.54, 1.807) is 12.2 Å². The third-order valence-corrected chi connectivity index (χ3v) is 5.40. The molecule has 4 atom stereocenters. The maximum absolute atomic E-state index is 12.3. The Morgan fingerprint density at radius 3 is 2.87 bits per heavy atom. The van der Waals surface area contributed by atoms with Crippen LogP contribution in [0.5, 0.6) is 0 Å². The molecule has 0 aromatic carbocycles. The topological polar surface area (TPSA) is 78.9 Å². The number of hydrogen-bond acceptors (Lipinski definition) is 6. The highest BCUT2D eigenvalue weighted by atomic mass is 16.6. The molecular weight excluding hydrogens is 300 g/mol. The Kier molecular flexibility index (Phi) is 4.00. The van der Waals surface area contributed by atoms with E-state index in [9.17, 15) is 14.4 Å². The van der Waals surface area contributed by atoms with Gasteiger partial charge in [-0.3, -0.25) is 4.79 Å². The first-order chi connectivity index (χ1) is 11.0. The molecule has 2 aliphatic heterocycles. The van der Waals surface area contributed by atoms with Gasteiger partial charge in [-0.1, -0.05) is 18.6 Å². The van der Waals surface area contributed by atoms with E-state index in [0.717, 1.165) is 19.3 Å². The molecule has 124 valence electrons. The highest BCUT2D eigenvalue weighted by Gasteiger charge is 2.62. The molecule has 0 radical (unpaired) electrons. The van der Waals surface area contributed by atoms with Crippen molar-refractivity contribution in [2.75, 3.05) is 14.2 Å². The van der Waals surface area contributed by atoms with Crippen molar-refractivity contribution < 1.29 is 28.6 Å².